The third kappa shape index (κ3) is 5.14. The Labute approximate surface area is 204 Å². The first-order valence-electron chi connectivity index (χ1n) is 10.6. The standard InChI is InChI=1S/C24H23FN4O5S/c1-29-22-21(23(32)28-24(29)35-12-14-5-3-4-6-16(14)25)15(10-20(31)27-22)13-7-8-17(18(9-13)33-2)34-11-19(26)30/h3-9,15H,10-12H2,1-2H3,(H2,26,30)(H,27,31). The number of benzene rings is 2. The summed E-state index contributed by atoms with van der Waals surface area (Å²) in [4.78, 5) is 41.0. The van der Waals surface area contributed by atoms with Gasteiger partial charge in [0.1, 0.15) is 11.6 Å². The first-order chi connectivity index (χ1) is 16.8. The number of carbonyl (C=O) groups excluding carboxylic acids is 2. The molecule has 2 heterocycles. The number of methoxy groups -OCH3 is 1. The highest BCUT2D eigenvalue weighted by molar-refractivity contribution is 7.98. The highest BCUT2D eigenvalue weighted by atomic mass is 32.2. The first kappa shape index (κ1) is 24.3. The predicted octanol–water partition coefficient (Wildman–Crippen LogP) is 2.56. The van der Waals surface area contributed by atoms with Gasteiger partial charge in [-0.05, 0) is 29.3 Å². The molecule has 0 radical (unpaired) electrons. The lowest BCUT2D eigenvalue weighted by Gasteiger charge is -2.28. The molecule has 0 saturated heterocycles. The average Bonchev–Trinajstić information content (AvgIpc) is 2.84. The molecule has 3 aromatic rings. The molecule has 0 aliphatic carbocycles. The van der Waals surface area contributed by atoms with Gasteiger partial charge in [-0.15, -0.1) is 0 Å². The van der Waals surface area contributed by atoms with E-state index in [4.69, 9.17) is 15.2 Å². The van der Waals surface area contributed by atoms with E-state index in [2.05, 4.69) is 10.3 Å². The normalized spacial score (nSPS) is 14.7. The molecule has 11 heteroatoms. The Morgan fingerprint density at radius 3 is 2.74 bits per heavy atom. The zero-order valence-electron chi connectivity index (χ0n) is 19.0. The number of anilines is 1. The molecule has 1 aliphatic rings. The van der Waals surface area contributed by atoms with Crippen molar-refractivity contribution in [3.05, 3.63) is 75.3 Å². The second-order valence-electron chi connectivity index (χ2n) is 7.87. The second-order valence-corrected chi connectivity index (χ2v) is 8.81. The number of hydrogen-bond acceptors (Lipinski definition) is 7. The number of nitrogens with zero attached hydrogens (tertiary/aromatic N) is 2. The van der Waals surface area contributed by atoms with Crippen LogP contribution in [-0.4, -0.2) is 35.1 Å². The number of nitrogens with two attached hydrogens (primary N) is 1. The molecule has 3 N–H and O–H groups in total. The molecule has 2 aromatic carbocycles. The molecule has 1 aliphatic heterocycles. The Morgan fingerprint density at radius 2 is 2.03 bits per heavy atom. The van der Waals surface area contributed by atoms with E-state index in [0.717, 1.165) is 0 Å². The quantitative estimate of drug-likeness (QED) is 0.361. The van der Waals surface area contributed by atoms with Crippen molar-refractivity contribution in [1.29, 1.82) is 0 Å². The minimum atomic E-state index is -0.632. The van der Waals surface area contributed by atoms with E-state index in [1.54, 1.807) is 48.0 Å². The maximum Gasteiger partial charge on any atom is 0.279 e. The molecule has 4 rings (SSSR count). The number of aromatic nitrogens is 2. The Balaban J connectivity index is 1.69. The van der Waals surface area contributed by atoms with Crippen LogP contribution in [0.5, 0.6) is 11.5 Å². The maximum absolute atomic E-state index is 14.0. The minimum Gasteiger partial charge on any atom is -0.493 e. The van der Waals surface area contributed by atoms with Gasteiger partial charge in [0.05, 0.1) is 12.7 Å². The van der Waals surface area contributed by atoms with E-state index in [1.807, 2.05) is 0 Å². The lowest BCUT2D eigenvalue weighted by atomic mass is 9.86. The third-order valence-corrected chi connectivity index (χ3v) is 6.65. The van der Waals surface area contributed by atoms with Crippen molar-refractivity contribution in [2.75, 3.05) is 19.0 Å². The van der Waals surface area contributed by atoms with Crippen molar-refractivity contribution in [3.8, 4) is 11.5 Å². The third-order valence-electron chi connectivity index (χ3n) is 5.58. The summed E-state index contributed by atoms with van der Waals surface area (Å²) in [5, 5.41) is 3.13. The van der Waals surface area contributed by atoms with E-state index >= 15 is 0 Å². The van der Waals surface area contributed by atoms with Crippen LogP contribution in [0.1, 0.15) is 29.0 Å². The first-order valence-corrected chi connectivity index (χ1v) is 11.6. The molecule has 0 fully saturated rings. The number of fused-ring (bicyclic) bond motifs is 1. The number of primary amides is 1. The maximum atomic E-state index is 14.0. The fourth-order valence-corrected chi connectivity index (χ4v) is 4.83. The van der Waals surface area contributed by atoms with Gasteiger partial charge in [0.2, 0.25) is 5.91 Å². The summed E-state index contributed by atoms with van der Waals surface area (Å²) in [6.07, 6.45) is 0.0380. The summed E-state index contributed by atoms with van der Waals surface area (Å²) < 4.78 is 26.4. The Hall–Kier alpha value is -3.86. The summed E-state index contributed by atoms with van der Waals surface area (Å²) in [5.41, 5.74) is 6.13. The molecule has 9 nitrogen and oxygen atoms in total. The van der Waals surface area contributed by atoms with Crippen LogP contribution in [0, 0.1) is 5.82 Å². The number of carbonyl (C=O) groups is 2. The second kappa shape index (κ2) is 10.2. The number of rotatable bonds is 8. The molecule has 0 saturated carbocycles. The van der Waals surface area contributed by atoms with E-state index in [0.29, 0.717) is 39.2 Å². The van der Waals surface area contributed by atoms with Crippen LogP contribution in [0.2, 0.25) is 0 Å². The summed E-state index contributed by atoms with van der Waals surface area (Å²) in [6.45, 7) is -0.317. The molecular weight excluding hydrogens is 475 g/mol. The van der Waals surface area contributed by atoms with E-state index in [9.17, 15) is 18.8 Å². The zero-order valence-corrected chi connectivity index (χ0v) is 19.9. The topological polar surface area (TPSA) is 126 Å². The number of amides is 2. The smallest absolute Gasteiger partial charge is 0.279 e. The Kier molecular flexibility index (Phi) is 7.06. The van der Waals surface area contributed by atoms with E-state index in [-0.39, 0.29) is 30.5 Å². The van der Waals surface area contributed by atoms with Gasteiger partial charge in [0, 0.05) is 25.1 Å². The largest absolute Gasteiger partial charge is 0.493 e. The number of hydrogen-bond donors (Lipinski definition) is 2. The van der Waals surface area contributed by atoms with E-state index < -0.39 is 17.4 Å². The van der Waals surface area contributed by atoms with Gasteiger partial charge in [0.25, 0.3) is 11.5 Å². The summed E-state index contributed by atoms with van der Waals surface area (Å²) in [7, 11) is 3.14. The van der Waals surface area contributed by atoms with Crippen LogP contribution in [0.15, 0.2) is 52.4 Å². The monoisotopic (exact) mass is 498 g/mol. The minimum absolute atomic E-state index is 0.0380. The zero-order chi connectivity index (χ0) is 25.1. The lowest BCUT2D eigenvalue weighted by molar-refractivity contribution is -0.120. The van der Waals surface area contributed by atoms with Crippen LogP contribution in [0.3, 0.4) is 0 Å². The number of ether oxygens (including phenoxy) is 2. The Morgan fingerprint density at radius 1 is 1.26 bits per heavy atom. The molecule has 1 aromatic heterocycles. The highest BCUT2D eigenvalue weighted by Crippen LogP contribution is 2.39. The van der Waals surface area contributed by atoms with Crippen LogP contribution in [0.25, 0.3) is 0 Å². The molecular formula is C24H23FN4O5S. The van der Waals surface area contributed by atoms with Crippen molar-refractivity contribution in [3.63, 3.8) is 0 Å². The van der Waals surface area contributed by atoms with Crippen molar-refractivity contribution in [2.24, 2.45) is 12.8 Å². The van der Waals surface area contributed by atoms with E-state index in [1.165, 1.54) is 24.9 Å². The number of halogens is 1. The summed E-state index contributed by atoms with van der Waals surface area (Å²) in [5.74, 6) is -0.556. The summed E-state index contributed by atoms with van der Waals surface area (Å²) >= 11 is 1.20. The van der Waals surface area contributed by atoms with Crippen molar-refractivity contribution < 1.29 is 23.5 Å². The van der Waals surface area contributed by atoms with Gasteiger partial charge in [-0.25, -0.2) is 4.39 Å². The van der Waals surface area contributed by atoms with Crippen LogP contribution in [-0.2, 0) is 22.4 Å². The molecule has 35 heavy (non-hydrogen) atoms. The van der Waals surface area contributed by atoms with Crippen LogP contribution in [0.4, 0.5) is 10.2 Å². The highest BCUT2D eigenvalue weighted by Gasteiger charge is 2.32. The molecule has 2 amide bonds. The average molecular weight is 499 g/mol. The SMILES string of the molecule is COc1cc(C2CC(=O)Nc3c2c(=O)nc(SCc2ccccc2F)n3C)ccc1OCC(N)=O. The fourth-order valence-electron chi connectivity index (χ4n) is 3.88. The Bertz CT molecular complexity index is 1360. The number of thioether (sulfide) groups is 1. The molecule has 1 unspecified atom stereocenters. The molecule has 1 atom stereocenters. The van der Waals surface area contributed by atoms with Gasteiger partial charge in [-0.2, -0.15) is 4.98 Å². The molecule has 0 spiro atoms. The van der Waals surface area contributed by atoms with Gasteiger partial charge in [0.15, 0.2) is 23.3 Å². The number of nitrogens with one attached hydrogen (secondary N) is 1. The van der Waals surface area contributed by atoms with Gasteiger partial charge in [-0.1, -0.05) is 36.0 Å². The van der Waals surface area contributed by atoms with Crippen LogP contribution < -0.4 is 26.1 Å². The van der Waals surface area contributed by atoms with Crippen molar-refractivity contribution >= 4 is 29.4 Å². The lowest BCUT2D eigenvalue weighted by Crippen LogP contribution is -2.33. The predicted molar refractivity (Wildman–Crippen MR) is 128 cm³/mol. The van der Waals surface area contributed by atoms with Crippen LogP contribution >= 0.6 is 11.8 Å². The fraction of sp³-hybridized carbons (Fsp3) is 0.250. The molecule has 0 bridgehead atoms. The van der Waals surface area contributed by atoms with Gasteiger partial charge >= 0.3 is 0 Å². The molecule has 182 valence electrons. The van der Waals surface area contributed by atoms with Crippen molar-refractivity contribution in [1.82, 2.24) is 9.55 Å². The van der Waals surface area contributed by atoms with Gasteiger partial charge < -0.3 is 25.1 Å². The summed E-state index contributed by atoms with van der Waals surface area (Å²) in [6, 6.07) is 11.3. The van der Waals surface area contributed by atoms with Crippen molar-refractivity contribution in [2.45, 2.75) is 23.2 Å². The van der Waals surface area contributed by atoms with Gasteiger partial charge in [-0.3, -0.25) is 14.4 Å².